The monoisotopic (exact) mass is 186 g/mol. The number of ether oxygens (including phenoxy) is 1. The number of carbonyl (C=O) groups is 2. The van der Waals surface area contributed by atoms with Crippen LogP contribution in [0.25, 0.3) is 0 Å². The largest absolute Gasteiger partial charge is 0.487 e. The lowest BCUT2D eigenvalue weighted by Gasteiger charge is -2.06. The molecule has 0 bridgehead atoms. The van der Waals surface area contributed by atoms with Gasteiger partial charge in [0.25, 0.3) is 0 Å². The first-order valence-electron chi connectivity index (χ1n) is 2.65. The van der Waals surface area contributed by atoms with Crippen molar-refractivity contribution < 1.29 is 27.5 Å². The molecule has 0 rings (SSSR count). The van der Waals surface area contributed by atoms with Crippen molar-refractivity contribution in [1.82, 2.24) is 5.32 Å². The Morgan fingerprint density at radius 2 is 1.92 bits per heavy atom. The highest BCUT2D eigenvalue weighted by molar-refractivity contribution is 5.85. The molecular weight excluding hydrogens is 181 g/mol. The van der Waals surface area contributed by atoms with Crippen LogP contribution in [0.3, 0.4) is 0 Å². The molecule has 12 heavy (non-hydrogen) atoms. The van der Waals surface area contributed by atoms with Gasteiger partial charge in [-0.25, -0.2) is 10.1 Å². The van der Waals surface area contributed by atoms with Crippen LogP contribution in [0.2, 0.25) is 0 Å². The molecule has 3 N–H and O–H groups in total. The van der Waals surface area contributed by atoms with Gasteiger partial charge in [-0.15, -0.1) is 0 Å². The number of halogens is 3. The maximum atomic E-state index is 11.3. The van der Waals surface area contributed by atoms with Crippen LogP contribution in [0.4, 0.5) is 18.0 Å². The Hall–Kier alpha value is -1.31. The number of esters is 1. The molecule has 70 valence electrons. The van der Waals surface area contributed by atoms with Crippen LogP contribution in [0.5, 0.6) is 0 Å². The van der Waals surface area contributed by atoms with Crippen LogP contribution in [0.1, 0.15) is 0 Å². The summed E-state index contributed by atoms with van der Waals surface area (Å²) in [5.74, 6) is -1.24. The zero-order valence-electron chi connectivity index (χ0n) is 5.64. The average molecular weight is 186 g/mol. The van der Waals surface area contributed by atoms with Gasteiger partial charge in [-0.05, 0) is 0 Å². The summed E-state index contributed by atoms with van der Waals surface area (Å²) in [6.07, 6.45) is -6.80. The van der Waals surface area contributed by atoms with E-state index >= 15 is 0 Å². The summed E-state index contributed by atoms with van der Waals surface area (Å²) in [6.45, 7) is -0.661. The highest BCUT2D eigenvalue weighted by atomic mass is 19.4. The molecule has 0 radical (unpaired) electrons. The minimum Gasteiger partial charge on any atom is -0.375 e. The van der Waals surface area contributed by atoms with E-state index in [1.165, 1.54) is 0 Å². The van der Waals surface area contributed by atoms with Crippen LogP contribution in [-0.2, 0) is 9.53 Å². The first-order chi connectivity index (χ1) is 5.35. The SMILES string of the molecule is NCC(=O)OC(=O)NC(F)(F)F. The van der Waals surface area contributed by atoms with Gasteiger partial charge in [-0.2, -0.15) is 13.2 Å². The summed E-state index contributed by atoms with van der Waals surface area (Å²) in [5, 5.41) is 0.447. The lowest BCUT2D eigenvalue weighted by molar-refractivity contribution is -0.154. The quantitative estimate of drug-likeness (QED) is 0.335. The molecule has 0 aliphatic carbocycles. The number of nitrogens with two attached hydrogens (primary N) is 1. The number of rotatable bonds is 1. The molecule has 0 aromatic carbocycles. The van der Waals surface area contributed by atoms with Gasteiger partial charge in [-0.1, -0.05) is 0 Å². The number of alkyl halides is 3. The molecule has 0 aliphatic rings. The average Bonchev–Trinajstić information content (AvgIpc) is 1.82. The minimum absolute atomic E-state index is 0.447. The first-order valence-corrected chi connectivity index (χ1v) is 2.65. The van der Waals surface area contributed by atoms with Gasteiger partial charge < -0.3 is 10.5 Å². The van der Waals surface area contributed by atoms with Crippen molar-refractivity contribution in [3.63, 3.8) is 0 Å². The normalized spacial score (nSPS) is 10.7. The second-order valence-corrected chi connectivity index (χ2v) is 1.59. The van der Waals surface area contributed by atoms with Gasteiger partial charge in [0.2, 0.25) is 0 Å². The Labute approximate surface area is 64.7 Å². The molecule has 0 aromatic heterocycles. The van der Waals surface area contributed by atoms with Gasteiger partial charge >= 0.3 is 18.4 Å². The molecule has 1 amide bonds. The third-order valence-corrected chi connectivity index (χ3v) is 0.617. The maximum absolute atomic E-state index is 11.3. The fraction of sp³-hybridized carbons (Fsp3) is 0.500. The number of nitrogens with one attached hydrogen (secondary N) is 1. The lowest BCUT2D eigenvalue weighted by Crippen LogP contribution is -2.39. The molecule has 0 saturated carbocycles. The molecule has 0 aliphatic heterocycles. The molecule has 8 heteroatoms. The van der Waals surface area contributed by atoms with E-state index in [1.807, 2.05) is 0 Å². The predicted molar refractivity (Wildman–Crippen MR) is 29.7 cm³/mol. The van der Waals surface area contributed by atoms with E-state index in [2.05, 4.69) is 10.5 Å². The van der Waals surface area contributed by atoms with E-state index in [9.17, 15) is 22.8 Å². The lowest BCUT2D eigenvalue weighted by atomic mass is 10.7. The van der Waals surface area contributed by atoms with Crippen LogP contribution >= 0.6 is 0 Å². The topological polar surface area (TPSA) is 81.4 Å². The van der Waals surface area contributed by atoms with Gasteiger partial charge in [0.05, 0.1) is 6.54 Å². The molecular formula is C4H5F3N2O3. The number of amides is 1. The molecule has 0 fully saturated rings. The summed E-state index contributed by atoms with van der Waals surface area (Å²) in [4.78, 5) is 20.2. The standard InChI is InChI=1S/C4H5F3N2O3/c5-4(6,7)9-3(11)12-2(10)1-8/h1,8H2,(H,9,11). The molecule has 0 saturated heterocycles. The summed E-state index contributed by atoms with van der Waals surface area (Å²) in [6, 6.07) is 0. The van der Waals surface area contributed by atoms with Gasteiger partial charge in [-0.3, -0.25) is 4.79 Å². The zero-order valence-corrected chi connectivity index (χ0v) is 5.64. The summed E-state index contributed by atoms with van der Waals surface area (Å²) >= 11 is 0. The minimum atomic E-state index is -4.91. The van der Waals surface area contributed by atoms with E-state index in [0.717, 1.165) is 0 Å². The molecule has 0 aromatic rings. The number of hydrogen-bond acceptors (Lipinski definition) is 4. The van der Waals surface area contributed by atoms with Gasteiger partial charge in [0.1, 0.15) is 0 Å². The van der Waals surface area contributed by atoms with Crippen molar-refractivity contribution >= 4 is 12.1 Å². The molecule has 0 heterocycles. The third kappa shape index (κ3) is 5.47. The van der Waals surface area contributed by atoms with Crippen LogP contribution < -0.4 is 11.1 Å². The Morgan fingerprint density at radius 1 is 1.42 bits per heavy atom. The number of alkyl carbamates (subject to hydrolysis) is 1. The Kier molecular flexibility index (Phi) is 3.48. The van der Waals surface area contributed by atoms with Crippen LogP contribution in [-0.4, -0.2) is 24.9 Å². The predicted octanol–water partition coefficient (Wildman–Crippen LogP) is -0.282. The zero-order chi connectivity index (χ0) is 9.78. The van der Waals surface area contributed by atoms with E-state index in [1.54, 1.807) is 0 Å². The second kappa shape index (κ2) is 3.90. The van der Waals surface area contributed by atoms with Crippen molar-refractivity contribution in [2.75, 3.05) is 6.54 Å². The highest BCUT2D eigenvalue weighted by Crippen LogP contribution is 2.09. The first kappa shape index (κ1) is 10.7. The van der Waals surface area contributed by atoms with Crippen molar-refractivity contribution in [3.8, 4) is 0 Å². The Balaban J connectivity index is 3.83. The van der Waals surface area contributed by atoms with E-state index in [4.69, 9.17) is 0 Å². The summed E-state index contributed by atoms with van der Waals surface area (Å²) in [7, 11) is 0. The second-order valence-electron chi connectivity index (χ2n) is 1.59. The Morgan fingerprint density at radius 3 is 2.25 bits per heavy atom. The van der Waals surface area contributed by atoms with Gasteiger partial charge in [0.15, 0.2) is 0 Å². The molecule has 0 unspecified atom stereocenters. The molecule has 0 spiro atoms. The van der Waals surface area contributed by atoms with Crippen LogP contribution in [0.15, 0.2) is 0 Å². The van der Waals surface area contributed by atoms with Crippen molar-refractivity contribution in [2.24, 2.45) is 5.73 Å². The maximum Gasteiger partial charge on any atom is 0.487 e. The smallest absolute Gasteiger partial charge is 0.375 e. The van der Waals surface area contributed by atoms with Crippen molar-refractivity contribution in [1.29, 1.82) is 0 Å². The number of hydrogen-bond donors (Lipinski definition) is 2. The van der Waals surface area contributed by atoms with E-state index in [-0.39, 0.29) is 0 Å². The molecule has 5 nitrogen and oxygen atoms in total. The molecule has 0 atom stereocenters. The third-order valence-electron chi connectivity index (χ3n) is 0.617. The summed E-state index contributed by atoms with van der Waals surface area (Å²) < 4.78 is 37.5. The highest BCUT2D eigenvalue weighted by Gasteiger charge is 2.31. The fourth-order valence-corrected chi connectivity index (χ4v) is 0.286. The summed E-state index contributed by atoms with van der Waals surface area (Å²) in [5.41, 5.74) is 4.65. The van der Waals surface area contributed by atoms with Gasteiger partial charge in [0, 0.05) is 0 Å². The van der Waals surface area contributed by atoms with E-state index < -0.39 is 24.9 Å². The number of carbonyl (C=O) groups excluding carboxylic acids is 2. The van der Waals surface area contributed by atoms with Crippen molar-refractivity contribution in [3.05, 3.63) is 0 Å². The van der Waals surface area contributed by atoms with Crippen molar-refractivity contribution in [2.45, 2.75) is 6.30 Å². The fourth-order valence-electron chi connectivity index (χ4n) is 0.286. The van der Waals surface area contributed by atoms with Crippen LogP contribution in [0, 0.1) is 0 Å². The van der Waals surface area contributed by atoms with E-state index in [0.29, 0.717) is 5.32 Å². The Bertz CT molecular complexity index is 190.